The van der Waals surface area contributed by atoms with Gasteiger partial charge in [0.15, 0.2) is 0 Å². The van der Waals surface area contributed by atoms with E-state index in [9.17, 15) is 14.7 Å². The molecule has 0 radical (unpaired) electrons. The average Bonchev–Trinajstić information content (AvgIpc) is 2.47. The van der Waals surface area contributed by atoms with Gasteiger partial charge in [0, 0.05) is 24.9 Å². The molecule has 2 unspecified atom stereocenters. The number of amides is 1. The van der Waals surface area contributed by atoms with E-state index in [2.05, 4.69) is 12.2 Å². The second kappa shape index (κ2) is 8.57. The van der Waals surface area contributed by atoms with Gasteiger partial charge in [-0.3, -0.25) is 9.59 Å². The maximum Gasteiger partial charge on any atom is 0.221 e. The average molecular weight is 291 g/mol. The summed E-state index contributed by atoms with van der Waals surface area (Å²) in [6.07, 6.45) is 2.29. The molecule has 2 N–H and O–H groups in total. The van der Waals surface area contributed by atoms with Crippen LogP contribution in [0, 0.1) is 5.92 Å². The fourth-order valence-electron chi connectivity index (χ4n) is 2.38. The number of carbonyl (C=O) groups is 2. The van der Waals surface area contributed by atoms with Crippen LogP contribution in [0.25, 0.3) is 0 Å². The highest BCUT2D eigenvalue weighted by Crippen LogP contribution is 2.28. The molecule has 1 rings (SSSR count). The Labute approximate surface area is 126 Å². The highest BCUT2D eigenvalue weighted by atomic mass is 16.3. The van der Waals surface area contributed by atoms with E-state index in [0.717, 1.165) is 12.8 Å². The van der Waals surface area contributed by atoms with Crippen LogP contribution in [-0.4, -0.2) is 16.8 Å². The van der Waals surface area contributed by atoms with Crippen LogP contribution in [-0.2, 0) is 9.59 Å². The van der Waals surface area contributed by atoms with Crippen LogP contribution in [0.15, 0.2) is 24.3 Å². The number of Topliss-reactive ketones (excluding diaryl/α,β-unsaturated/α-hetero) is 1. The van der Waals surface area contributed by atoms with Gasteiger partial charge < -0.3 is 10.4 Å². The molecular weight excluding hydrogens is 266 g/mol. The molecule has 21 heavy (non-hydrogen) atoms. The highest BCUT2D eigenvalue weighted by Gasteiger charge is 2.26. The van der Waals surface area contributed by atoms with Crippen molar-refractivity contribution in [3.05, 3.63) is 29.8 Å². The van der Waals surface area contributed by atoms with Crippen LogP contribution < -0.4 is 5.32 Å². The van der Waals surface area contributed by atoms with Crippen LogP contribution in [0.2, 0.25) is 0 Å². The zero-order chi connectivity index (χ0) is 15.8. The summed E-state index contributed by atoms with van der Waals surface area (Å²) < 4.78 is 0. The molecule has 4 nitrogen and oxygen atoms in total. The largest absolute Gasteiger partial charge is 0.388 e. The molecule has 0 aliphatic rings. The third-order valence-electron chi connectivity index (χ3n) is 3.58. The van der Waals surface area contributed by atoms with Gasteiger partial charge in [-0.25, -0.2) is 0 Å². The van der Waals surface area contributed by atoms with Gasteiger partial charge in [0.1, 0.15) is 5.78 Å². The Morgan fingerprint density at radius 1 is 1.19 bits per heavy atom. The summed E-state index contributed by atoms with van der Waals surface area (Å²) in [4.78, 5) is 23.0. The van der Waals surface area contributed by atoms with Gasteiger partial charge in [0.05, 0.1) is 6.10 Å². The maximum atomic E-state index is 12.0. The normalized spacial score (nSPS) is 13.5. The smallest absolute Gasteiger partial charge is 0.221 e. The number of aliphatic hydroxyl groups excluding tert-OH is 1. The van der Waals surface area contributed by atoms with E-state index in [1.807, 2.05) is 6.92 Å². The number of nitrogens with one attached hydrogen (secondary N) is 1. The monoisotopic (exact) mass is 291 g/mol. The molecule has 0 aromatic heterocycles. The fourth-order valence-corrected chi connectivity index (χ4v) is 2.38. The molecular formula is C17H25NO3. The van der Waals surface area contributed by atoms with E-state index < -0.39 is 6.10 Å². The quantitative estimate of drug-likeness (QED) is 0.770. The Hall–Kier alpha value is -1.68. The Kier molecular flexibility index (Phi) is 7.09. The Morgan fingerprint density at radius 3 is 2.29 bits per heavy atom. The number of aliphatic hydroxyl groups is 1. The number of unbranched alkanes of at least 4 members (excludes halogenated alkanes) is 1. The number of hydrogen-bond donors (Lipinski definition) is 2. The minimum absolute atomic E-state index is 0.0990. The van der Waals surface area contributed by atoms with Gasteiger partial charge in [-0.1, -0.05) is 38.8 Å². The van der Waals surface area contributed by atoms with Crippen molar-refractivity contribution in [1.82, 2.24) is 0 Å². The molecule has 0 aliphatic heterocycles. The lowest BCUT2D eigenvalue weighted by molar-refractivity contribution is -0.126. The van der Waals surface area contributed by atoms with E-state index in [0.29, 0.717) is 24.1 Å². The van der Waals surface area contributed by atoms with Gasteiger partial charge in [0.2, 0.25) is 5.91 Å². The van der Waals surface area contributed by atoms with Crippen molar-refractivity contribution in [2.45, 2.75) is 52.6 Å². The van der Waals surface area contributed by atoms with Crippen LogP contribution >= 0.6 is 0 Å². The number of hydrogen-bond acceptors (Lipinski definition) is 3. The predicted molar refractivity (Wildman–Crippen MR) is 84.0 cm³/mol. The van der Waals surface area contributed by atoms with Gasteiger partial charge in [-0.05, 0) is 24.1 Å². The molecule has 1 amide bonds. The second-order valence-corrected chi connectivity index (χ2v) is 5.32. The van der Waals surface area contributed by atoms with Gasteiger partial charge >= 0.3 is 0 Å². The van der Waals surface area contributed by atoms with Crippen molar-refractivity contribution < 1.29 is 14.7 Å². The number of rotatable bonds is 8. The lowest BCUT2D eigenvalue weighted by atomic mass is 9.86. The van der Waals surface area contributed by atoms with E-state index in [-0.39, 0.29) is 17.6 Å². The summed E-state index contributed by atoms with van der Waals surface area (Å²) in [5.74, 6) is -0.381. The molecule has 0 saturated heterocycles. The molecule has 0 aliphatic carbocycles. The lowest BCUT2D eigenvalue weighted by Gasteiger charge is -2.22. The Balaban J connectivity index is 2.84. The van der Waals surface area contributed by atoms with Crippen LogP contribution in [0.5, 0.6) is 0 Å². The third-order valence-corrected chi connectivity index (χ3v) is 3.58. The Bertz CT molecular complexity index is 467. The minimum Gasteiger partial charge on any atom is -0.388 e. The molecule has 0 heterocycles. The van der Waals surface area contributed by atoms with Gasteiger partial charge in [-0.2, -0.15) is 0 Å². The van der Waals surface area contributed by atoms with Crippen molar-refractivity contribution in [1.29, 1.82) is 0 Å². The molecule has 2 atom stereocenters. The van der Waals surface area contributed by atoms with Gasteiger partial charge in [0.25, 0.3) is 0 Å². The third kappa shape index (κ3) is 5.31. The molecule has 4 heteroatoms. The molecule has 1 aromatic rings. The number of benzene rings is 1. The van der Waals surface area contributed by atoms with Crippen LogP contribution in [0.3, 0.4) is 0 Å². The summed E-state index contributed by atoms with van der Waals surface area (Å²) in [7, 11) is 0. The van der Waals surface area contributed by atoms with Crippen molar-refractivity contribution in [3.63, 3.8) is 0 Å². The Morgan fingerprint density at radius 2 is 1.81 bits per heavy atom. The summed E-state index contributed by atoms with van der Waals surface area (Å²) in [5.41, 5.74) is 1.40. The SMILES string of the molecule is CCCCC(C(=O)CC)C(O)c1ccc(NC(C)=O)cc1. The second-order valence-electron chi connectivity index (χ2n) is 5.32. The summed E-state index contributed by atoms with van der Waals surface area (Å²) in [5, 5.41) is 13.2. The topological polar surface area (TPSA) is 66.4 Å². The molecule has 0 saturated carbocycles. The first kappa shape index (κ1) is 17.4. The van der Waals surface area contributed by atoms with E-state index in [1.54, 1.807) is 24.3 Å². The van der Waals surface area contributed by atoms with Crippen molar-refractivity contribution in [2.24, 2.45) is 5.92 Å². The predicted octanol–water partition coefficient (Wildman–Crippen LogP) is 3.46. The first-order chi connectivity index (χ1) is 9.99. The van der Waals surface area contributed by atoms with E-state index in [4.69, 9.17) is 0 Å². The highest BCUT2D eigenvalue weighted by molar-refractivity contribution is 5.88. The standard InChI is InChI=1S/C17H25NO3/c1-4-6-7-15(16(20)5-2)17(21)13-8-10-14(11-9-13)18-12(3)19/h8-11,15,17,21H,4-7H2,1-3H3,(H,18,19). The van der Waals surface area contributed by atoms with Gasteiger partial charge in [-0.15, -0.1) is 0 Å². The van der Waals surface area contributed by atoms with Crippen LogP contribution in [0.4, 0.5) is 5.69 Å². The number of ketones is 1. The first-order valence-electron chi connectivity index (χ1n) is 7.57. The lowest BCUT2D eigenvalue weighted by Crippen LogP contribution is -2.22. The maximum absolute atomic E-state index is 12.0. The minimum atomic E-state index is -0.782. The molecule has 116 valence electrons. The summed E-state index contributed by atoms with van der Waals surface area (Å²) in [6.45, 7) is 5.35. The van der Waals surface area contributed by atoms with Crippen molar-refractivity contribution in [3.8, 4) is 0 Å². The van der Waals surface area contributed by atoms with E-state index in [1.165, 1.54) is 6.92 Å². The van der Waals surface area contributed by atoms with Crippen molar-refractivity contribution in [2.75, 3.05) is 5.32 Å². The molecule has 1 aromatic carbocycles. The first-order valence-corrected chi connectivity index (χ1v) is 7.57. The van der Waals surface area contributed by atoms with E-state index >= 15 is 0 Å². The summed E-state index contributed by atoms with van der Waals surface area (Å²) >= 11 is 0. The molecule has 0 fully saturated rings. The number of carbonyl (C=O) groups excluding carboxylic acids is 2. The van der Waals surface area contributed by atoms with Crippen molar-refractivity contribution >= 4 is 17.4 Å². The summed E-state index contributed by atoms with van der Waals surface area (Å²) in [6, 6.07) is 7.01. The molecule has 0 spiro atoms. The zero-order valence-electron chi connectivity index (χ0n) is 13.1. The molecule has 0 bridgehead atoms. The zero-order valence-corrected chi connectivity index (χ0v) is 13.1. The fraction of sp³-hybridized carbons (Fsp3) is 0.529. The number of anilines is 1. The van der Waals surface area contributed by atoms with Crippen LogP contribution in [0.1, 0.15) is 58.1 Å².